The maximum atomic E-state index is 12.8. The third-order valence-corrected chi connectivity index (χ3v) is 8.83. The summed E-state index contributed by atoms with van der Waals surface area (Å²) in [6.45, 7) is 3.81. The van der Waals surface area contributed by atoms with Crippen LogP contribution in [0, 0.1) is 0 Å². The molecule has 2 N–H and O–H groups in total. The van der Waals surface area contributed by atoms with E-state index in [1.807, 2.05) is 109 Å². The molecule has 2 amide bonds. The highest BCUT2D eigenvalue weighted by Gasteiger charge is 2.35. The number of rotatable bonds is 10. The van der Waals surface area contributed by atoms with Gasteiger partial charge in [-0.3, -0.25) is 9.59 Å². The maximum Gasteiger partial charge on any atom is 0.336 e. The van der Waals surface area contributed by atoms with Gasteiger partial charge in [-0.25, -0.2) is 9.59 Å². The molecule has 0 fully saturated rings. The van der Waals surface area contributed by atoms with Gasteiger partial charge in [-0.15, -0.1) is 0 Å². The number of carbonyl (C=O) groups is 4. The number of hydrogen-bond donors (Lipinski definition) is 2. The van der Waals surface area contributed by atoms with Crippen LogP contribution in [0.5, 0.6) is 11.5 Å². The molecule has 6 rings (SSSR count). The molecular weight excluding hydrogens is 660 g/mol. The Morgan fingerprint density at radius 1 is 0.558 bits per heavy atom. The Morgan fingerprint density at radius 3 is 1.27 bits per heavy atom. The molecule has 0 aromatic heterocycles. The quantitative estimate of drug-likeness (QED) is 0.176. The average molecular weight is 703 g/mol. The molecule has 268 valence electrons. The van der Waals surface area contributed by atoms with Crippen LogP contribution in [0.2, 0.25) is 0 Å². The van der Waals surface area contributed by atoms with E-state index in [2.05, 4.69) is 10.6 Å². The maximum absolute atomic E-state index is 12.8. The molecule has 2 aliphatic heterocycles. The molecule has 10 heteroatoms. The van der Waals surface area contributed by atoms with Crippen molar-refractivity contribution in [3.8, 4) is 11.5 Å². The first-order valence-corrected chi connectivity index (χ1v) is 16.9. The highest BCUT2D eigenvalue weighted by Crippen LogP contribution is 2.39. The van der Waals surface area contributed by atoms with Crippen molar-refractivity contribution in [3.05, 3.63) is 154 Å². The molecule has 52 heavy (non-hydrogen) atoms. The van der Waals surface area contributed by atoms with Gasteiger partial charge in [-0.2, -0.15) is 0 Å². The Balaban J connectivity index is 0.000000201. The number of nitrogens with one attached hydrogen (secondary N) is 2. The largest absolute Gasteiger partial charge is 0.496 e. The molecule has 2 unspecified atom stereocenters. The Kier molecular flexibility index (Phi) is 12.6. The van der Waals surface area contributed by atoms with Crippen LogP contribution in [0.15, 0.2) is 132 Å². The number of methoxy groups -OCH3 is 2. The minimum Gasteiger partial charge on any atom is -0.496 e. The molecule has 4 aromatic rings. The lowest BCUT2D eigenvalue weighted by atomic mass is 9.84. The van der Waals surface area contributed by atoms with Crippen molar-refractivity contribution in [1.82, 2.24) is 10.6 Å². The van der Waals surface area contributed by atoms with E-state index in [1.54, 1.807) is 28.1 Å². The zero-order valence-corrected chi connectivity index (χ0v) is 29.6. The SMILES string of the molecule is COc1ccccc1C1CC(=O)NC(C)=C1C(=O)OCc1ccccc1.COc1ccccc1C1CC(=O)NC(C)=C1C(=O)OCc1ccccc1. The molecule has 0 bridgehead atoms. The molecule has 0 saturated carbocycles. The summed E-state index contributed by atoms with van der Waals surface area (Å²) in [6, 6.07) is 33.8. The van der Waals surface area contributed by atoms with Gasteiger partial charge in [0, 0.05) is 47.2 Å². The van der Waals surface area contributed by atoms with E-state index in [0.717, 1.165) is 22.3 Å². The van der Waals surface area contributed by atoms with Crippen molar-refractivity contribution >= 4 is 23.8 Å². The molecule has 0 aliphatic carbocycles. The summed E-state index contributed by atoms with van der Waals surface area (Å²) in [4.78, 5) is 49.7. The number of para-hydroxylation sites is 2. The first kappa shape index (κ1) is 37.1. The van der Waals surface area contributed by atoms with E-state index in [9.17, 15) is 19.2 Å². The molecule has 2 heterocycles. The summed E-state index contributed by atoms with van der Waals surface area (Å²) in [6.07, 6.45) is 0.348. The Labute approximate surface area is 303 Å². The first-order valence-electron chi connectivity index (χ1n) is 16.9. The lowest BCUT2D eigenvalue weighted by Gasteiger charge is -2.27. The number of amides is 2. The fourth-order valence-corrected chi connectivity index (χ4v) is 6.38. The van der Waals surface area contributed by atoms with Crippen molar-refractivity contribution in [2.45, 2.75) is 51.7 Å². The Morgan fingerprint density at radius 2 is 0.904 bits per heavy atom. The van der Waals surface area contributed by atoms with E-state index < -0.39 is 23.8 Å². The van der Waals surface area contributed by atoms with E-state index in [-0.39, 0.29) is 37.9 Å². The molecule has 2 atom stereocenters. The number of carbonyl (C=O) groups excluding carboxylic acids is 4. The summed E-state index contributed by atoms with van der Waals surface area (Å²) < 4.78 is 21.9. The van der Waals surface area contributed by atoms with E-state index in [4.69, 9.17) is 18.9 Å². The topological polar surface area (TPSA) is 129 Å². The molecule has 2 aliphatic rings. The van der Waals surface area contributed by atoms with Crippen LogP contribution in [0.1, 0.15) is 60.8 Å². The van der Waals surface area contributed by atoms with Crippen molar-refractivity contribution < 1.29 is 38.1 Å². The number of hydrogen-bond acceptors (Lipinski definition) is 8. The molecule has 4 aromatic carbocycles. The van der Waals surface area contributed by atoms with E-state index in [0.29, 0.717) is 34.0 Å². The molecule has 0 spiro atoms. The molecular formula is C42H42N2O8. The second-order valence-electron chi connectivity index (χ2n) is 12.3. The smallest absolute Gasteiger partial charge is 0.336 e. The summed E-state index contributed by atoms with van der Waals surface area (Å²) in [7, 11) is 3.15. The van der Waals surface area contributed by atoms with Crippen molar-refractivity contribution in [3.63, 3.8) is 0 Å². The van der Waals surface area contributed by atoms with Crippen LogP contribution in [-0.2, 0) is 41.9 Å². The van der Waals surface area contributed by atoms with Gasteiger partial charge in [0.25, 0.3) is 0 Å². The van der Waals surface area contributed by atoms with Gasteiger partial charge in [0.2, 0.25) is 11.8 Å². The van der Waals surface area contributed by atoms with Crippen molar-refractivity contribution in [1.29, 1.82) is 0 Å². The van der Waals surface area contributed by atoms with Crippen LogP contribution >= 0.6 is 0 Å². The van der Waals surface area contributed by atoms with Crippen LogP contribution < -0.4 is 20.1 Å². The number of esters is 2. The Bertz CT molecular complexity index is 1830. The van der Waals surface area contributed by atoms with Crippen LogP contribution in [-0.4, -0.2) is 38.0 Å². The summed E-state index contributed by atoms with van der Waals surface area (Å²) >= 11 is 0. The predicted octanol–water partition coefficient (Wildman–Crippen LogP) is 6.63. The minimum absolute atomic E-state index is 0.127. The molecule has 0 radical (unpaired) electrons. The van der Waals surface area contributed by atoms with Crippen LogP contribution in [0.3, 0.4) is 0 Å². The third kappa shape index (κ3) is 9.14. The lowest BCUT2D eigenvalue weighted by Crippen LogP contribution is -2.34. The van der Waals surface area contributed by atoms with Gasteiger partial charge in [-0.05, 0) is 37.1 Å². The zero-order valence-electron chi connectivity index (χ0n) is 29.6. The van der Waals surface area contributed by atoms with Crippen LogP contribution in [0.25, 0.3) is 0 Å². The van der Waals surface area contributed by atoms with E-state index >= 15 is 0 Å². The Hall–Kier alpha value is -6.16. The standard InChI is InChI=1S/2C21H21NO4/c2*1-14-20(21(24)26-13-15-8-4-3-5-9-15)17(12-19(23)22-14)16-10-6-7-11-18(16)25-2/h2*3-11,17H,12-13H2,1-2H3,(H,22,23). The van der Waals surface area contributed by atoms with Gasteiger partial charge in [0.15, 0.2) is 0 Å². The predicted molar refractivity (Wildman–Crippen MR) is 195 cm³/mol. The lowest BCUT2D eigenvalue weighted by molar-refractivity contribution is -0.142. The monoisotopic (exact) mass is 702 g/mol. The van der Waals surface area contributed by atoms with Crippen molar-refractivity contribution in [2.24, 2.45) is 0 Å². The third-order valence-electron chi connectivity index (χ3n) is 8.83. The van der Waals surface area contributed by atoms with Gasteiger partial charge in [-0.1, -0.05) is 97.1 Å². The average Bonchev–Trinajstić information content (AvgIpc) is 3.16. The summed E-state index contributed by atoms with van der Waals surface area (Å²) in [5.74, 6) is -0.617. The summed E-state index contributed by atoms with van der Waals surface area (Å²) in [5, 5.41) is 5.49. The fraction of sp³-hybridized carbons (Fsp3) is 0.238. The second-order valence-corrected chi connectivity index (χ2v) is 12.3. The van der Waals surface area contributed by atoms with E-state index in [1.165, 1.54) is 0 Å². The van der Waals surface area contributed by atoms with Gasteiger partial charge < -0.3 is 29.6 Å². The normalized spacial score (nSPS) is 16.8. The van der Waals surface area contributed by atoms with Gasteiger partial charge in [0.05, 0.1) is 25.4 Å². The molecule has 10 nitrogen and oxygen atoms in total. The van der Waals surface area contributed by atoms with Gasteiger partial charge >= 0.3 is 11.9 Å². The minimum atomic E-state index is -0.428. The zero-order chi connectivity index (χ0) is 37.0. The summed E-state index contributed by atoms with van der Waals surface area (Å²) in [5.41, 5.74) is 5.40. The number of allylic oxidation sites excluding steroid dienone is 2. The fourth-order valence-electron chi connectivity index (χ4n) is 6.38. The second kappa shape index (κ2) is 17.7. The number of ether oxygens (including phenoxy) is 4. The first-order chi connectivity index (χ1) is 25.2. The van der Waals surface area contributed by atoms with Gasteiger partial charge in [0.1, 0.15) is 24.7 Å². The molecule has 0 saturated heterocycles. The highest BCUT2D eigenvalue weighted by atomic mass is 16.5. The van der Waals surface area contributed by atoms with Crippen molar-refractivity contribution in [2.75, 3.05) is 14.2 Å². The highest BCUT2D eigenvalue weighted by molar-refractivity contribution is 5.97. The number of benzene rings is 4. The van der Waals surface area contributed by atoms with Crippen LogP contribution in [0.4, 0.5) is 0 Å².